The lowest BCUT2D eigenvalue weighted by atomic mass is 10.1. The van der Waals surface area contributed by atoms with Gasteiger partial charge in [0.2, 0.25) is 5.78 Å². The average molecular weight is 202 g/mol. The molecular formula is C10H18O4. The maximum absolute atomic E-state index is 10.7. The Morgan fingerprint density at radius 3 is 2.43 bits per heavy atom. The minimum absolute atomic E-state index is 0.110. The highest BCUT2D eigenvalue weighted by atomic mass is 16.5. The summed E-state index contributed by atoms with van der Waals surface area (Å²) in [5, 5.41) is 8.33. The zero-order valence-corrected chi connectivity index (χ0v) is 8.78. The molecule has 4 heteroatoms. The largest absolute Gasteiger partial charge is 0.476 e. The van der Waals surface area contributed by atoms with Gasteiger partial charge in [0.15, 0.2) is 0 Å². The second kappa shape index (κ2) is 7.50. The van der Waals surface area contributed by atoms with Crippen LogP contribution in [0, 0.1) is 0 Å². The Hall–Kier alpha value is -0.900. The van der Waals surface area contributed by atoms with Crippen molar-refractivity contribution in [1.82, 2.24) is 0 Å². The van der Waals surface area contributed by atoms with Crippen molar-refractivity contribution in [3.05, 3.63) is 0 Å². The fourth-order valence-corrected chi connectivity index (χ4v) is 1.30. The van der Waals surface area contributed by atoms with Gasteiger partial charge in [-0.2, -0.15) is 0 Å². The molecule has 0 heterocycles. The van der Waals surface area contributed by atoms with Crippen molar-refractivity contribution in [3.63, 3.8) is 0 Å². The summed E-state index contributed by atoms with van der Waals surface area (Å²) in [7, 11) is 1.64. The molecule has 1 unspecified atom stereocenters. The number of hydrogen-bond donors (Lipinski definition) is 1. The van der Waals surface area contributed by atoms with E-state index in [9.17, 15) is 9.59 Å². The number of carbonyl (C=O) groups excluding carboxylic acids is 1. The molecule has 4 nitrogen and oxygen atoms in total. The van der Waals surface area contributed by atoms with E-state index < -0.39 is 11.8 Å². The van der Waals surface area contributed by atoms with E-state index in [-0.39, 0.29) is 12.5 Å². The molecule has 0 aliphatic carbocycles. The first kappa shape index (κ1) is 13.1. The molecule has 0 rings (SSSR count). The van der Waals surface area contributed by atoms with E-state index in [0.717, 1.165) is 19.3 Å². The predicted octanol–water partition coefficient (Wildman–Crippen LogP) is 1.63. The van der Waals surface area contributed by atoms with E-state index in [0.29, 0.717) is 6.42 Å². The first-order chi connectivity index (χ1) is 6.61. The molecule has 14 heavy (non-hydrogen) atoms. The lowest BCUT2D eigenvalue weighted by molar-refractivity contribution is -0.149. The summed E-state index contributed by atoms with van der Waals surface area (Å²) >= 11 is 0. The SMILES string of the molecule is CCCC(CCCC(=O)C(=O)O)OC. The Morgan fingerprint density at radius 1 is 1.36 bits per heavy atom. The summed E-state index contributed by atoms with van der Waals surface area (Å²) in [5.74, 6) is -2.05. The highest BCUT2D eigenvalue weighted by Crippen LogP contribution is 2.10. The molecule has 0 saturated heterocycles. The minimum Gasteiger partial charge on any atom is -0.476 e. The zero-order chi connectivity index (χ0) is 11.0. The molecule has 0 aliphatic rings. The Bertz CT molecular complexity index is 189. The lowest BCUT2D eigenvalue weighted by Crippen LogP contribution is -2.14. The van der Waals surface area contributed by atoms with Crippen molar-refractivity contribution < 1.29 is 19.4 Å². The summed E-state index contributed by atoms with van der Waals surface area (Å²) in [6.07, 6.45) is 3.59. The third-order valence-electron chi connectivity index (χ3n) is 2.11. The monoisotopic (exact) mass is 202 g/mol. The topological polar surface area (TPSA) is 63.6 Å². The summed E-state index contributed by atoms with van der Waals surface area (Å²) in [6.45, 7) is 2.06. The highest BCUT2D eigenvalue weighted by Gasteiger charge is 2.12. The molecule has 82 valence electrons. The van der Waals surface area contributed by atoms with E-state index in [1.54, 1.807) is 7.11 Å². The third-order valence-corrected chi connectivity index (χ3v) is 2.11. The van der Waals surface area contributed by atoms with Crippen LogP contribution < -0.4 is 0 Å². The van der Waals surface area contributed by atoms with Crippen molar-refractivity contribution in [2.24, 2.45) is 0 Å². The van der Waals surface area contributed by atoms with Gasteiger partial charge in [-0.05, 0) is 19.3 Å². The smallest absolute Gasteiger partial charge is 0.372 e. The number of ether oxygens (including phenoxy) is 1. The Kier molecular flexibility index (Phi) is 7.02. The number of carboxylic acid groups (broad SMARTS) is 1. The molecular weight excluding hydrogens is 184 g/mol. The molecule has 0 aliphatic heterocycles. The number of carbonyl (C=O) groups is 2. The first-order valence-electron chi connectivity index (χ1n) is 4.90. The number of aliphatic carboxylic acids is 1. The van der Waals surface area contributed by atoms with E-state index in [1.807, 2.05) is 0 Å². The third kappa shape index (κ3) is 5.70. The molecule has 1 N–H and O–H groups in total. The molecule has 0 spiro atoms. The molecule has 0 fully saturated rings. The zero-order valence-electron chi connectivity index (χ0n) is 8.78. The van der Waals surface area contributed by atoms with Gasteiger partial charge in [-0.3, -0.25) is 4.79 Å². The minimum atomic E-state index is -1.34. The lowest BCUT2D eigenvalue weighted by Gasteiger charge is -2.12. The average Bonchev–Trinajstić information content (AvgIpc) is 2.16. The van der Waals surface area contributed by atoms with Crippen LogP contribution in [0.5, 0.6) is 0 Å². The molecule has 0 saturated carbocycles. The van der Waals surface area contributed by atoms with Crippen LogP contribution in [0.15, 0.2) is 0 Å². The second-order valence-corrected chi connectivity index (χ2v) is 3.27. The first-order valence-corrected chi connectivity index (χ1v) is 4.90. The fourth-order valence-electron chi connectivity index (χ4n) is 1.30. The van der Waals surface area contributed by atoms with Crippen molar-refractivity contribution in [2.75, 3.05) is 7.11 Å². The summed E-state index contributed by atoms with van der Waals surface area (Å²) in [5.41, 5.74) is 0. The van der Waals surface area contributed by atoms with Crippen LogP contribution in [0.1, 0.15) is 39.0 Å². The Morgan fingerprint density at radius 2 is 2.00 bits per heavy atom. The molecule has 1 atom stereocenters. The van der Waals surface area contributed by atoms with Crippen LogP contribution in [0.4, 0.5) is 0 Å². The van der Waals surface area contributed by atoms with E-state index in [1.165, 1.54) is 0 Å². The number of rotatable bonds is 8. The van der Waals surface area contributed by atoms with Gasteiger partial charge in [0.05, 0.1) is 6.10 Å². The molecule has 0 bridgehead atoms. The van der Waals surface area contributed by atoms with Crippen molar-refractivity contribution in [2.45, 2.75) is 45.1 Å². The van der Waals surface area contributed by atoms with Gasteiger partial charge >= 0.3 is 5.97 Å². The number of ketones is 1. The van der Waals surface area contributed by atoms with Crippen LogP contribution >= 0.6 is 0 Å². The van der Waals surface area contributed by atoms with Crippen LogP contribution in [0.3, 0.4) is 0 Å². The number of methoxy groups -OCH3 is 1. The maximum Gasteiger partial charge on any atom is 0.372 e. The molecule has 0 amide bonds. The van der Waals surface area contributed by atoms with Crippen LogP contribution in [0.2, 0.25) is 0 Å². The van der Waals surface area contributed by atoms with E-state index in [2.05, 4.69) is 6.92 Å². The van der Waals surface area contributed by atoms with Crippen LogP contribution in [0.25, 0.3) is 0 Å². The molecule has 0 aromatic carbocycles. The number of carboxylic acids is 1. The quantitative estimate of drug-likeness (QED) is 0.607. The summed E-state index contributed by atoms with van der Waals surface area (Å²) < 4.78 is 5.17. The Labute approximate surface area is 84.3 Å². The van der Waals surface area contributed by atoms with Gasteiger partial charge in [-0.1, -0.05) is 13.3 Å². The van der Waals surface area contributed by atoms with Gasteiger partial charge < -0.3 is 9.84 Å². The van der Waals surface area contributed by atoms with Crippen LogP contribution in [-0.2, 0) is 14.3 Å². The summed E-state index contributed by atoms with van der Waals surface area (Å²) in [4.78, 5) is 20.9. The van der Waals surface area contributed by atoms with Crippen molar-refractivity contribution in [1.29, 1.82) is 0 Å². The number of hydrogen-bond acceptors (Lipinski definition) is 3. The van der Waals surface area contributed by atoms with E-state index in [4.69, 9.17) is 9.84 Å². The van der Waals surface area contributed by atoms with Gasteiger partial charge in [-0.25, -0.2) is 4.79 Å². The second-order valence-electron chi connectivity index (χ2n) is 3.27. The predicted molar refractivity (Wildman–Crippen MR) is 52.2 cm³/mol. The van der Waals surface area contributed by atoms with E-state index >= 15 is 0 Å². The fraction of sp³-hybridized carbons (Fsp3) is 0.800. The highest BCUT2D eigenvalue weighted by molar-refractivity contribution is 6.32. The summed E-state index contributed by atoms with van der Waals surface area (Å²) in [6, 6.07) is 0. The van der Waals surface area contributed by atoms with Crippen molar-refractivity contribution >= 4 is 11.8 Å². The van der Waals surface area contributed by atoms with Gasteiger partial charge in [0.1, 0.15) is 0 Å². The molecule has 0 radical (unpaired) electrons. The van der Waals surface area contributed by atoms with Gasteiger partial charge in [0.25, 0.3) is 0 Å². The maximum atomic E-state index is 10.7. The number of Topliss-reactive ketones (excluding diaryl/α,β-unsaturated/α-hetero) is 1. The molecule has 0 aromatic heterocycles. The van der Waals surface area contributed by atoms with Crippen molar-refractivity contribution in [3.8, 4) is 0 Å². The van der Waals surface area contributed by atoms with Crippen LogP contribution in [-0.4, -0.2) is 30.1 Å². The van der Waals surface area contributed by atoms with Gasteiger partial charge in [-0.15, -0.1) is 0 Å². The molecule has 0 aromatic rings. The Balaban J connectivity index is 3.60. The normalized spacial score (nSPS) is 12.4. The standard InChI is InChI=1S/C10H18O4/c1-3-5-8(14-2)6-4-7-9(11)10(12)13/h8H,3-7H2,1-2H3,(H,12,13). The van der Waals surface area contributed by atoms with Gasteiger partial charge in [0, 0.05) is 13.5 Å².